The van der Waals surface area contributed by atoms with Gasteiger partial charge in [-0.3, -0.25) is 14.4 Å². The van der Waals surface area contributed by atoms with Gasteiger partial charge in [-0.1, -0.05) is 44.2 Å². The zero-order valence-corrected chi connectivity index (χ0v) is 25.7. The molecule has 0 aromatic heterocycles. The number of hydrogen-bond donors (Lipinski definition) is 3. The third-order valence-corrected chi connectivity index (χ3v) is 9.54. The fraction of sp³-hybridized carbons (Fsp3) is 0.457. The quantitative estimate of drug-likeness (QED) is 0.303. The summed E-state index contributed by atoms with van der Waals surface area (Å²) in [6.45, 7) is 8.04. The number of likely N-dealkylation sites (tertiary alicyclic amines) is 1. The first kappa shape index (κ1) is 30.1. The van der Waals surface area contributed by atoms with Gasteiger partial charge in [-0.2, -0.15) is 0 Å². The number of aliphatic hydroxyl groups is 1. The highest BCUT2D eigenvalue weighted by Gasteiger charge is 2.78. The van der Waals surface area contributed by atoms with Crippen molar-refractivity contribution in [1.82, 2.24) is 4.90 Å². The summed E-state index contributed by atoms with van der Waals surface area (Å²) in [5, 5.41) is 18.6. The average Bonchev–Trinajstić information content (AvgIpc) is 3.57. The number of carbonyl (C=O) groups is 3. The standard InChI is InChI=1S/C35H41N3O6/c1-5-43-27-14-12-24(13-15-27)36-31(40)28-29-33(42)38(26(20-39)18-21(2)3)30(35(29)17-16-34(28,4)44-35)32(41)37-25-11-10-22-8-6-7-9-23(22)19-25/h6-15,19,21,26,28-30,39H,5,16-18,20H2,1-4H3,(H,36,40)(H,37,41)/t26-,28-,29+,30?,34+,35?/m1/s1. The molecule has 3 fully saturated rings. The van der Waals surface area contributed by atoms with E-state index in [9.17, 15) is 19.5 Å². The molecule has 3 aromatic carbocycles. The summed E-state index contributed by atoms with van der Waals surface area (Å²) in [7, 11) is 0. The van der Waals surface area contributed by atoms with Crippen LogP contribution in [-0.4, -0.2) is 64.2 Å². The number of rotatable bonds is 10. The highest BCUT2D eigenvalue weighted by atomic mass is 16.5. The van der Waals surface area contributed by atoms with Gasteiger partial charge in [0.15, 0.2) is 0 Å². The van der Waals surface area contributed by atoms with E-state index in [0.29, 0.717) is 43.0 Å². The van der Waals surface area contributed by atoms with Crippen molar-refractivity contribution in [1.29, 1.82) is 0 Å². The predicted molar refractivity (Wildman–Crippen MR) is 168 cm³/mol. The number of fused-ring (bicyclic) bond motifs is 2. The fourth-order valence-electron chi connectivity index (χ4n) is 7.78. The normalized spacial score (nSPS) is 27.9. The molecule has 3 aromatic rings. The minimum atomic E-state index is -1.20. The van der Waals surface area contributed by atoms with E-state index in [0.717, 1.165) is 10.8 Å². The maximum absolute atomic E-state index is 14.5. The van der Waals surface area contributed by atoms with E-state index in [1.54, 1.807) is 24.3 Å². The van der Waals surface area contributed by atoms with Gasteiger partial charge in [0.1, 0.15) is 17.4 Å². The van der Waals surface area contributed by atoms with Gasteiger partial charge in [0.2, 0.25) is 17.7 Å². The SMILES string of the molecule is CCOc1ccc(NC(=O)[C@H]2[C@H]3C(=O)N([C@@H](CO)CC(C)C)C(C(=O)Nc4ccc5ccccc5c4)C34CC[C@]2(C)O4)cc1. The number of hydrogen-bond acceptors (Lipinski definition) is 6. The van der Waals surface area contributed by atoms with Gasteiger partial charge < -0.3 is 30.1 Å². The van der Waals surface area contributed by atoms with Crippen molar-refractivity contribution in [3.8, 4) is 5.75 Å². The molecule has 6 rings (SSSR count). The molecular weight excluding hydrogens is 558 g/mol. The lowest BCUT2D eigenvalue weighted by Gasteiger charge is -2.37. The van der Waals surface area contributed by atoms with Gasteiger partial charge in [0.05, 0.1) is 36.7 Å². The molecule has 3 aliphatic rings. The van der Waals surface area contributed by atoms with Crippen molar-refractivity contribution in [2.75, 3.05) is 23.8 Å². The second-order valence-electron chi connectivity index (χ2n) is 12.9. The van der Waals surface area contributed by atoms with Gasteiger partial charge in [0, 0.05) is 11.4 Å². The molecule has 3 saturated heterocycles. The summed E-state index contributed by atoms with van der Waals surface area (Å²) in [6.07, 6.45) is 1.49. The van der Waals surface area contributed by atoms with Crippen molar-refractivity contribution in [3.05, 3.63) is 66.7 Å². The van der Waals surface area contributed by atoms with Gasteiger partial charge in [-0.15, -0.1) is 0 Å². The molecule has 44 heavy (non-hydrogen) atoms. The number of amides is 3. The highest BCUT2D eigenvalue weighted by molar-refractivity contribution is 6.06. The average molecular weight is 600 g/mol. The largest absolute Gasteiger partial charge is 0.494 e. The Bertz CT molecular complexity index is 1570. The molecule has 6 atom stereocenters. The van der Waals surface area contributed by atoms with Crippen LogP contribution in [0.25, 0.3) is 10.8 Å². The lowest BCUT2D eigenvalue weighted by Crippen LogP contribution is -2.56. The molecule has 0 radical (unpaired) electrons. The second-order valence-corrected chi connectivity index (χ2v) is 12.9. The number of nitrogens with zero attached hydrogens (tertiary/aromatic N) is 1. The predicted octanol–water partition coefficient (Wildman–Crippen LogP) is 4.99. The molecule has 2 unspecified atom stereocenters. The molecule has 0 saturated carbocycles. The van der Waals surface area contributed by atoms with Gasteiger partial charge in [-0.05, 0) is 86.2 Å². The molecule has 9 nitrogen and oxygen atoms in total. The van der Waals surface area contributed by atoms with E-state index in [4.69, 9.17) is 9.47 Å². The number of ether oxygens (including phenoxy) is 2. The van der Waals surface area contributed by atoms with Gasteiger partial charge in [0.25, 0.3) is 0 Å². The van der Waals surface area contributed by atoms with E-state index in [-0.39, 0.29) is 30.2 Å². The summed E-state index contributed by atoms with van der Waals surface area (Å²) in [5.41, 5.74) is -0.928. The van der Waals surface area contributed by atoms with Crippen molar-refractivity contribution in [3.63, 3.8) is 0 Å². The Hall–Kier alpha value is -3.95. The van der Waals surface area contributed by atoms with Crippen LogP contribution in [0.3, 0.4) is 0 Å². The monoisotopic (exact) mass is 599 g/mol. The third kappa shape index (κ3) is 5.02. The van der Waals surface area contributed by atoms with Crippen LogP contribution in [-0.2, 0) is 19.1 Å². The maximum Gasteiger partial charge on any atom is 0.250 e. The number of anilines is 2. The van der Waals surface area contributed by atoms with Crippen LogP contribution >= 0.6 is 0 Å². The van der Waals surface area contributed by atoms with E-state index in [1.807, 2.05) is 70.2 Å². The van der Waals surface area contributed by atoms with Crippen molar-refractivity contribution in [2.45, 2.75) is 70.2 Å². The van der Waals surface area contributed by atoms with E-state index in [1.165, 1.54) is 4.90 Å². The van der Waals surface area contributed by atoms with Crippen LogP contribution in [0.5, 0.6) is 5.75 Å². The first-order chi connectivity index (χ1) is 21.1. The van der Waals surface area contributed by atoms with Crippen LogP contribution < -0.4 is 15.4 Å². The smallest absolute Gasteiger partial charge is 0.250 e. The minimum absolute atomic E-state index is 0.163. The molecule has 3 N–H and O–H groups in total. The molecule has 3 aliphatic heterocycles. The molecule has 2 bridgehead atoms. The van der Waals surface area contributed by atoms with Crippen LogP contribution in [0.2, 0.25) is 0 Å². The summed E-state index contributed by atoms with van der Waals surface area (Å²) in [6, 6.07) is 19.1. The number of nitrogens with one attached hydrogen (secondary N) is 2. The maximum atomic E-state index is 14.5. The number of aliphatic hydroxyl groups excluding tert-OH is 1. The number of benzene rings is 3. The summed E-state index contributed by atoms with van der Waals surface area (Å²) in [4.78, 5) is 44.3. The lowest BCUT2D eigenvalue weighted by molar-refractivity contribution is -0.147. The molecule has 1 spiro atoms. The van der Waals surface area contributed by atoms with Gasteiger partial charge >= 0.3 is 0 Å². The zero-order valence-electron chi connectivity index (χ0n) is 25.7. The first-order valence-electron chi connectivity index (χ1n) is 15.6. The molecule has 3 amide bonds. The van der Waals surface area contributed by atoms with Gasteiger partial charge in [-0.25, -0.2) is 0 Å². The summed E-state index contributed by atoms with van der Waals surface area (Å²) < 4.78 is 12.3. The molecule has 0 aliphatic carbocycles. The first-order valence-corrected chi connectivity index (χ1v) is 15.6. The Morgan fingerprint density at radius 2 is 1.68 bits per heavy atom. The minimum Gasteiger partial charge on any atom is -0.494 e. The molecule has 9 heteroatoms. The van der Waals surface area contributed by atoms with E-state index >= 15 is 0 Å². The Morgan fingerprint density at radius 1 is 1.00 bits per heavy atom. The second kappa shape index (κ2) is 11.5. The highest BCUT2D eigenvalue weighted by Crippen LogP contribution is 2.63. The van der Waals surface area contributed by atoms with Crippen molar-refractivity contribution < 1.29 is 29.0 Å². The molecular formula is C35H41N3O6. The Kier molecular flexibility index (Phi) is 7.88. The van der Waals surface area contributed by atoms with Crippen molar-refractivity contribution >= 4 is 39.9 Å². The fourth-order valence-corrected chi connectivity index (χ4v) is 7.78. The van der Waals surface area contributed by atoms with E-state index in [2.05, 4.69) is 10.6 Å². The molecule has 3 heterocycles. The van der Waals surface area contributed by atoms with Crippen LogP contribution in [0.4, 0.5) is 11.4 Å². The van der Waals surface area contributed by atoms with E-state index < -0.39 is 35.1 Å². The lowest BCUT2D eigenvalue weighted by atomic mass is 9.66. The third-order valence-electron chi connectivity index (χ3n) is 9.54. The summed E-state index contributed by atoms with van der Waals surface area (Å²) in [5.74, 6) is -1.84. The number of carbonyl (C=O) groups excluding carboxylic acids is 3. The zero-order chi connectivity index (χ0) is 31.2. The molecule has 232 valence electrons. The van der Waals surface area contributed by atoms with Crippen LogP contribution in [0.15, 0.2) is 66.7 Å². The van der Waals surface area contributed by atoms with Crippen molar-refractivity contribution in [2.24, 2.45) is 17.8 Å². The Morgan fingerprint density at radius 3 is 2.36 bits per heavy atom. The van der Waals surface area contributed by atoms with Crippen LogP contribution in [0, 0.1) is 17.8 Å². The Balaban J connectivity index is 1.35. The summed E-state index contributed by atoms with van der Waals surface area (Å²) >= 11 is 0. The Labute approximate surface area is 257 Å². The topological polar surface area (TPSA) is 117 Å². The van der Waals surface area contributed by atoms with Crippen LogP contribution in [0.1, 0.15) is 47.0 Å².